The molecule has 0 radical (unpaired) electrons. The maximum Gasteiger partial charge on any atom is 0.326 e. The van der Waals surface area contributed by atoms with E-state index in [0.717, 1.165) is 0 Å². The number of aliphatic carboxylic acids is 1. The molecule has 1 aromatic rings. The highest BCUT2D eigenvalue weighted by Crippen LogP contribution is 2.21. The number of benzene rings is 1. The van der Waals surface area contributed by atoms with Gasteiger partial charge in [-0.1, -0.05) is 0 Å². The lowest BCUT2D eigenvalue weighted by Crippen LogP contribution is -2.40. The summed E-state index contributed by atoms with van der Waals surface area (Å²) >= 11 is 0. The van der Waals surface area contributed by atoms with Gasteiger partial charge in [0.1, 0.15) is 17.6 Å². The predicted octanol–water partition coefficient (Wildman–Crippen LogP) is 1.69. The van der Waals surface area contributed by atoms with Crippen molar-refractivity contribution in [2.24, 2.45) is 0 Å². The molecule has 1 saturated heterocycles. The number of halogens is 1. The summed E-state index contributed by atoms with van der Waals surface area (Å²) in [4.78, 5) is 24.8. The molecule has 6 nitrogen and oxygen atoms in total. The molecule has 1 aromatic carbocycles. The molecule has 0 aromatic heterocycles. The van der Waals surface area contributed by atoms with Crippen LogP contribution >= 0.6 is 0 Å². The van der Waals surface area contributed by atoms with Gasteiger partial charge in [-0.05, 0) is 30.7 Å². The van der Waals surface area contributed by atoms with E-state index in [0.29, 0.717) is 31.7 Å². The van der Waals surface area contributed by atoms with Crippen LogP contribution in [0.15, 0.2) is 24.3 Å². The second-order valence-electron chi connectivity index (χ2n) is 5.40. The Hall–Kier alpha value is -2.15. The molecular weight excluding hydrogens is 305 g/mol. The van der Waals surface area contributed by atoms with Crippen molar-refractivity contribution in [3.63, 3.8) is 0 Å². The van der Waals surface area contributed by atoms with E-state index in [-0.39, 0.29) is 24.2 Å². The third-order valence-electron chi connectivity index (χ3n) is 3.82. The number of carboxylic acid groups (broad SMARTS) is 1. The van der Waals surface area contributed by atoms with Crippen LogP contribution in [0.5, 0.6) is 5.75 Å². The predicted molar refractivity (Wildman–Crippen MR) is 79.7 cm³/mol. The number of rotatable bonds is 7. The van der Waals surface area contributed by atoms with Gasteiger partial charge in [-0.15, -0.1) is 0 Å². The molecule has 0 spiro atoms. The topological polar surface area (TPSA) is 76.1 Å². The smallest absolute Gasteiger partial charge is 0.326 e. The maximum absolute atomic E-state index is 12.8. The molecule has 2 unspecified atom stereocenters. The molecule has 7 heteroatoms. The first-order valence-corrected chi connectivity index (χ1v) is 7.44. The average Bonchev–Trinajstić information content (AvgIpc) is 2.98. The quantitative estimate of drug-likeness (QED) is 0.772. The van der Waals surface area contributed by atoms with Crippen LogP contribution in [-0.4, -0.2) is 54.3 Å². The molecule has 23 heavy (non-hydrogen) atoms. The molecule has 0 aliphatic carbocycles. The Bertz CT molecular complexity index is 548. The fourth-order valence-electron chi connectivity index (χ4n) is 2.57. The number of hydrogen-bond acceptors (Lipinski definition) is 4. The van der Waals surface area contributed by atoms with E-state index in [1.54, 1.807) is 0 Å². The van der Waals surface area contributed by atoms with Crippen molar-refractivity contribution < 1.29 is 28.6 Å². The van der Waals surface area contributed by atoms with Crippen LogP contribution in [0.3, 0.4) is 0 Å². The van der Waals surface area contributed by atoms with Gasteiger partial charge in [-0.2, -0.15) is 0 Å². The van der Waals surface area contributed by atoms with Gasteiger partial charge < -0.3 is 19.5 Å². The fraction of sp³-hybridized carbons (Fsp3) is 0.500. The van der Waals surface area contributed by atoms with Gasteiger partial charge in [0.05, 0.1) is 12.7 Å². The van der Waals surface area contributed by atoms with Crippen molar-refractivity contribution in [3.05, 3.63) is 30.1 Å². The Labute approximate surface area is 133 Å². The number of carbonyl (C=O) groups excluding carboxylic acids is 1. The number of hydrogen-bond donors (Lipinski definition) is 1. The Morgan fingerprint density at radius 3 is 2.65 bits per heavy atom. The third-order valence-corrected chi connectivity index (χ3v) is 3.82. The van der Waals surface area contributed by atoms with Crippen LogP contribution in [0, 0.1) is 5.82 Å². The molecule has 0 saturated carbocycles. The minimum absolute atomic E-state index is 0.196. The summed E-state index contributed by atoms with van der Waals surface area (Å²) in [6.45, 7) is 0.599. The monoisotopic (exact) mass is 325 g/mol. The zero-order valence-electron chi connectivity index (χ0n) is 12.9. The van der Waals surface area contributed by atoms with Gasteiger partial charge >= 0.3 is 5.97 Å². The Morgan fingerprint density at radius 1 is 1.35 bits per heavy atom. The normalized spacial score (nSPS) is 20.5. The summed E-state index contributed by atoms with van der Waals surface area (Å²) in [7, 11) is 1.51. The lowest BCUT2D eigenvalue weighted by Gasteiger charge is -2.21. The van der Waals surface area contributed by atoms with Crippen LogP contribution in [-0.2, 0) is 14.3 Å². The highest BCUT2D eigenvalue weighted by Gasteiger charge is 2.39. The molecule has 1 aliphatic heterocycles. The number of nitrogens with zero attached hydrogens (tertiary/aromatic N) is 1. The van der Waals surface area contributed by atoms with Gasteiger partial charge in [0.2, 0.25) is 5.91 Å². The van der Waals surface area contributed by atoms with E-state index < -0.39 is 12.0 Å². The summed E-state index contributed by atoms with van der Waals surface area (Å²) in [6.07, 6.45) is 0.720. The van der Waals surface area contributed by atoms with E-state index in [1.165, 1.54) is 36.3 Å². The van der Waals surface area contributed by atoms with Crippen molar-refractivity contribution >= 4 is 11.9 Å². The van der Waals surface area contributed by atoms with Gasteiger partial charge in [0, 0.05) is 26.5 Å². The third kappa shape index (κ3) is 4.66. The number of amides is 1. The van der Waals surface area contributed by atoms with Crippen LogP contribution in [0.2, 0.25) is 0 Å². The molecule has 1 amide bonds. The summed E-state index contributed by atoms with van der Waals surface area (Å²) < 4.78 is 23.3. The van der Waals surface area contributed by atoms with Crippen LogP contribution in [0.4, 0.5) is 4.39 Å². The Kier molecular flexibility index (Phi) is 5.92. The van der Waals surface area contributed by atoms with E-state index in [1.807, 2.05) is 0 Å². The van der Waals surface area contributed by atoms with Crippen molar-refractivity contribution in [2.75, 3.05) is 20.3 Å². The van der Waals surface area contributed by atoms with E-state index in [2.05, 4.69) is 0 Å². The highest BCUT2D eigenvalue weighted by atomic mass is 19.1. The number of carboxylic acids is 1. The van der Waals surface area contributed by atoms with Crippen molar-refractivity contribution in [1.82, 2.24) is 4.90 Å². The summed E-state index contributed by atoms with van der Waals surface area (Å²) in [5, 5.41) is 9.18. The minimum atomic E-state index is -1.01. The SMILES string of the molecule is COC1CC(C(=O)O)N(C(=O)CCCOc2ccc(F)cc2)C1. The Balaban J connectivity index is 1.77. The van der Waals surface area contributed by atoms with E-state index in [9.17, 15) is 19.1 Å². The van der Waals surface area contributed by atoms with Crippen molar-refractivity contribution in [3.8, 4) is 5.75 Å². The number of methoxy groups -OCH3 is 1. The van der Waals surface area contributed by atoms with E-state index >= 15 is 0 Å². The summed E-state index contributed by atoms with van der Waals surface area (Å²) in [6, 6.07) is 4.80. The first-order valence-electron chi connectivity index (χ1n) is 7.44. The first-order chi connectivity index (χ1) is 11.0. The largest absolute Gasteiger partial charge is 0.494 e. The first kappa shape index (κ1) is 17.2. The van der Waals surface area contributed by atoms with E-state index in [4.69, 9.17) is 9.47 Å². The minimum Gasteiger partial charge on any atom is -0.494 e. The molecule has 0 bridgehead atoms. The van der Waals surface area contributed by atoms with Gasteiger partial charge in [0.25, 0.3) is 0 Å². The second-order valence-corrected chi connectivity index (χ2v) is 5.40. The lowest BCUT2D eigenvalue weighted by molar-refractivity contribution is -0.148. The maximum atomic E-state index is 12.8. The summed E-state index contributed by atoms with van der Waals surface area (Å²) in [5.41, 5.74) is 0. The molecule has 1 aliphatic rings. The Morgan fingerprint density at radius 2 is 2.04 bits per heavy atom. The van der Waals surface area contributed by atoms with Gasteiger partial charge in [-0.3, -0.25) is 4.79 Å². The molecule has 126 valence electrons. The van der Waals surface area contributed by atoms with Crippen LogP contribution in [0.25, 0.3) is 0 Å². The molecule has 1 N–H and O–H groups in total. The standard InChI is InChI=1S/C16H20FNO5/c1-22-13-9-14(16(20)21)18(10-13)15(19)3-2-8-23-12-6-4-11(17)5-7-12/h4-7,13-14H,2-3,8-10H2,1H3,(H,20,21). The molecule has 2 rings (SSSR count). The fourth-order valence-corrected chi connectivity index (χ4v) is 2.57. The molecule has 2 atom stereocenters. The lowest BCUT2D eigenvalue weighted by atomic mass is 10.2. The number of likely N-dealkylation sites (tertiary alicyclic amines) is 1. The number of carbonyl (C=O) groups is 2. The zero-order valence-corrected chi connectivity index (χ0v) is 12.9. The number of ether oxygens (including phenoxy) is 2. The highest BCUT2D eigenvalue weighted by molar-refractivity contribution is 5.84. The average molecular weight is 325 g/mol. The molecular formula is C16H20FNO5. The van der Waals surface area contributed by atoms with Crippen molar-refractivity contribution in [2.45, 2.75) is 31.4 Å². The zero-order chi connectivity index (χ0) is 16.8. The van der Waals surface area contributed by atoms with Crippen LogP contribution < -0.4 is 4.74 Å². The van der Waals surface area contributed by atoms with Crippen LogP contribution in [0.1, 0.15) is 19.3 Å². The van der Waals surface area contributed by atoms with Gasteiger partial charge in [0.15, 0.2) is 0 Å². The van der Waals surface area contributed by atoms with Gasteiger partial charge in [-0.25, -0.2) is 9.18 Å². The molecule has 1 fully saturated rings. The molecule has 1 heterocycles. The second kappa shape index (κ2) is 7.92. The van der Waals surface area contributed by atoms with Crippen molar-refractivity contribution in [1.29, 1.82) is 0 Å². The summed E-state index contributed by atoms with van der Waals surface area (Å²) in [5.74, 6) is -1.04.